The van der Waals surface area contributed by atoms with Crippen LogP contribution in [0.5, 0.6) is 0 Å². The zero-order valence-electron chi connectivity index (χ0n) is 12.8. The normalized spacial score (nSPS) is 16.5. The van der Waals surface area contributed by atoms with Gasteiger partial charge in [-0.05, 0) is 24.1 Å². The molecule has 0 aliphatic carbocycles. The monoisotopic (exact) mass is 343 g/mol. The number of carbonyl (C=O) groups excluding carboxylic acids is 1. The highest BCUT2D eigenvalue weighted by Crippen LogP contribution is 2.27. The molecule has 1 aliphatic heterocycles. The van der Waals surface area contributed by atoms with Gasteiger partial charge in [0.05, 0.1) is 5.69 Å². The number of amidine groups is 1. The number of benzene rings is 2. The van der Waals surface area contributed by atoms with Gasteiger partial charge in [-0.15, -0.1) is 4.40 Å². The van der Waals surface area contributed by atoms with Gasteiger partial charge in [0.25, 0.3) is 10.0 Å². The van der Waals surface area contributed by atoms with Crippen LogP contribution in [0, 0.1) is 0 Å². The number of nitrogens with one attached hydrogen (secondary N) is 1. The molecule has 0 saturated heterocycles. The summed E-state index contributed by atoms with van der Waals surface area (Å²) in [7, 11) is -3.85. The predicted octanol–water partition coefficient (Wildman–Crippen LogP) is 2.25. The summed E-state index contributed by atoms with van der Waals surface area (Å²) in [5, 5.41) is 2.80. The zero-order valence-corrected chi connectivity index (χ0v) is 13.7. The number of carbonyl (C=O) groups is 1. The van der Waals surface area contributed by atoms with E-state index in [9.17, 15) is 13.2 Å². The van der Waals surface area contributed by atoms with E-state index in [0.29, 0.717) is 12.1 Å². The fourth-order valence-corrected chi connectivity index (χ4v) is 3.64. The molecule has 2 aromatic carbocycles. The molecule has 24 heavy (non-hydrogen) atoms. The largest absolute Gasteiger partial charge is 0.335 e. The van der Waals surface area contributed by atoms with Gasteiger partial charge >= 0.3 is 0 Å². The third-order valence-electron chi connectivity index (χ3n) is 3.80. The van der Waals surface area contributed by atoms with Crippen molar-refractivity contribution in [1.82, 2.24) is 0 Å². The van der Waals surface area contributed by atoms with Crippen LogP contribution < -0.4 is 11.1 Å². The number of fused-ring (bicyclic) bond motifs is 1. The van der Waals surface area contributed by atoms with E-state index >= 15 is 0 Å². The van der Waals surface area contributed by atoms with Crippen molar-refractivity contribution < 1.29 is 13.2 Å². The number of anilines is 1. The Bertz CT molecular complexity index is 892. The van der Waals surface area contributed by atoms with Crippen molar-refractivity contribution in [2.45, 2.75) is 23.8 Å². The van der Waals surface area contributed by atoms with Gasteiger partial charge in [-0.25, -0.2) is 0 Å². The van der Waals surface area contributed by atoms with Crippen molar-refractivity contribution in [3.05, 3.63) is 60.2 Å². The standard InChI is InChI=1S/C17H17N3O3S/c18-13(12-6-2-1-3-7-12)10-11-15(21)17-19-14-8-4-5-9-16(14)24(22,23)20-17/h1-9,13H,10-11,18H2,(H,19,20). The minimum Gasteiger partial charge on any atom is -0.335 e. The van der Waals surface area contributed by atoms with Gasteiger partial charge in [-0.2, -0.15) is 8.42 Å². The Morgan fingerprint density at radius 2 is 1.75 bits per heavy atom. The van der Waals surface area contributed by atoms with Crippen LogP contribution >= 0.6 is 0 Å². The number of hydrogen-bond donors (Lipinski definition) is 2. The molecule has 3 N–H and O–H groups in total. The first kappa shape index (κ1) is 16.4. The van der Waals surface area contributed by atoms with Crippen molar-refractivity contribution in [1.29, 1.82) is 0 Å². The number of sulfonamides is 1. The molecule has 0 radical (unpaired) electrons. The molecule has 0 bridgehead atoms. The lowest BCUT2D eigenvalue weighted by Gasteiger charge is -2.17. The molecule has 7 heteroatoms. The van der Waals surface area contributed by atoms with Gasteiger partial charge in [-0.3, -0.25) is 4.79 Å². The van der Waals surface area contributed by atoms with E-state index in [0.717, 1.165) is 5.56 Å². The van der Waals surface area contributed by atoms with Gasteiger partial charge in [0, 0.05) is 12.5 Å². The first-order valence-corrected chi connectivity index (χ1v) is 8.96. The van der Waals surface area contributed by atoms with Crippen LogP contribution in [0.4, 0.5) is 5.69 Å². The van der Waals surface area contributed by atoms with E-state index in [2.05, 4.69) is 9.71 Å². The fourth-order valence-electron chi connectivity index (χ4n) is 2.51. The number of para-hydroxylation sites is 1. The third kappa shape index (κ3) is 3.37. The van der Waals surface area contributed by atoms with Crippen molar-refractivity contribution in [2.24, 2.45) is 10.1 Å². The van der Waals surface area contributed by atoms with Gasteiger partial charge in [0.15, 0.2) is 11.6 Å². The number of rotatable bonds is 5. The Kier molecular flexibility index (Phi) is 4.46. The maximum Gasteiger partial charge on any atom is 0.286 e. The summed E-state index contributed by atoms with van der Waals surface area (Å²) < 4.78 is 27.9. The lowest BCUT2D eigenvalue weighted by Crippen LogP contribution is -2.29. The molecule has 124 valence electrons. The molecule has 1 aliphatic rings. The summed E-state index contributed by atoms with van der Waals surface area (Å²) in [6.07, 6.45) is 0.519. The summed E-state index contributed by atoms with van der Waals surface area (Å²) >= 11 is 0. The number of nitrogens with two attached hydrogens (primary N) is 1. The maximum absolute atomic E-state index is 12.3. The van der Waals surface area contributed by atoms with Gasteiger partial charge in [-0.1, -0.05) is 42.5 Å². The number of ketones is 1. The molecule has 6 nitrogen and oxygen atoms in total. The minimum absolute atomic E-state index is 0.0718. The van der Waals surface area contributed by atoms with Gasteiger partial charge < -0.3 is 11.1 Å². The topological polar surface area (TPSA) is 102 Å². The van der Waals surface area contributed by atoms with E-state index in [-0.39, 0.29) is 29.0 Å². The highest BCUT2D eigenvalue weighted by Gasteiger charge is 2.27. The highest BCUT2D eigenvalue weighted by molar-refractivity contribution is 7.90. The van der Waals surface area contributed by atoms with Crippen LogP contribution in [0.3, 0.4) is 0 Å². The average molecular weight is 343 g/mol. The van der Waals surface area contributed by atoms with Crippen molar-refractivity contribution in [3.8, 4) is 0 Å². The van der Waals surface area contributed by atoms with E-state index in [4.69, 9.17) is 5.73 Å². The molecular formula is C17H17N3O3S. The maximum atomic E-state index is 12.3. The molecular weight excluding hydrogens is 326 g/mol. The van der Waals surface area contributed by atoms with E-state index < -0.39 is 10.0 Å². The van der Waals surface area contributed by atoms with E-state index in [1.165, 1.54) is 6.07 Å². The SMILES string of the molecule is NC(CCC(=O)C1=NS(=O)(=O)c2ccccc2N1)c1ccccc1. The Balaban J connectivity index is 1.71. The Labute approximate surface area is 140 Å². The van der Waals surface area contributed by atoms with Crippen LogP contribution in [-0.2, 0) is 14.8 Å². The van der Waals surface area contributed by atoms with Crippen molar-refractivity contribution in [2.75, 3.05) is 5.32 Å². The van der Waals surface area contributed by atoms with Gasteiger partial charge in [0.1, 0.15) is 4.90 Å². The Morgan fingerprint density at radius 1 is 1.08 bits per heavy atom. The Hall–Kier alpha value is -2.51. The summed E-state index contributed by atoms with van der Waals surface area (Å²) in [5.41, 5.74) is 7.37. The molecule has 1 heterocycles. The number of Topliss-reactive ketones (excluding diaryl/α,β-unsaturated/α-hetero) is 1. The Morgan fingerprint density at radius 3 is 2.50 bits per heavy atom. The summed E-state index contributed by atoms with van der Waals surface area (Å²) in [5.74, 6) is -0.534. The minimum atomic E-state index is -3.85. The van der Waals surface area contributed by atoms with Crippen molar-refractivity contribution in [3.63, 3.8) is 0 Å². The molecule has 0 amide bonds. The van der Waals surface area contributed by atoms with Crippen LogP contribution in [0.2, 0.25) is 0 Å². The first-order chi connectivity index (χ1) is 11.5. The molecule has 0 fully saturated rings. The fraction of sp³-hybridized carbons (Fsp3) is 0.176. The van der Waals surface area contributed by atoms with Crippen LogP contribution in [0.25, 0.3) is 0 Å². The quantitative estimate of drug-likeness (QED) is 0.867. The smallest absolute Gasteiger partial charge is 0.286 e. The first-order valence-electron chi connectivity index (χ1n) is 7.52. The lowest BCUT2D eigenvalue weighted by molar-refractivity contribution is -0.113. The lowest BCUT2D eigenvalue weighted by atomic mass is 10.0. The van der Waals surface area contributed by atoms with Gasteiger partial charge in [0.2, 0.25) is 0 Å². The molecule has 3 rings (SSSR count). The van der Waals surface area contributed by atoms with Crippen molar-refractivity contribution >= 4 is 27.3 Å². The van der Waals surface area contributed by atoms with E-state index in [1.807, 2.05) is 30.3 Å². The molecule has 1 atom stereocenters. The summed E-state index contributed by atoms with van der Waals surface area (Å²) in [4.78, 5) is 12.4. The molecule has 0 aromatic heterocycles. The van der Waals surface area contributed by atoms with Crippen LogP contribution in [-0.4, -0.2) is 20.0 Å². The highest BCUT2D eigenvalue weighted by atomic mass is 32.2. The predicted molar refractivity (Wildman–Crippen MR) is 92.3 cm³/mol. The second kappa shape index (κ2) is 6.54. The second-order valence-corrected chi connectivity index (χ2v) is 7.09. The number of nitrogens with zero attached hydrogens (tertiary/aromatic N) is 1. The zero-order chi connectivity index (χ0) is 17.2. The third-order valence-corrected chi connectivity index (χ3v) is 5.14. The molecule has 0 spiro atoms. The molecule has 0 saturated carbocycles. The van der Waals surface area contributed by atoms with Crippen LogP contribution in [0.15, 0.2) is 63.9 Å². The summed E-state index contributed by atoms with van der Waals surface area (Å²) in [6, 6.07) is 15.5. The molecule has 1 unspecified atom stereocenters. The molecule has 2 aromatic rings. The average Bonchev–Trinajstić information content (AvgIpc) is 2.59. The number of hydrogen-bond acceptors (Lipinski definition) is 5. The van der Waals surface area contributed by atoms with Crippen LogP contribution in [0.1, 0.15) is 24.4 Å². The second-order valence-electron chi connectivity index (χ2n) is 5.52. The van der Waals surface area contributed by atoms with E-state index in [1.54, 1.807) is 18.2 Å². The summed E-state index contributed by atoms with van der Waals surface area (Å²) in [6.45, 7) is 0.